The largest absolute Gasteiger partial charge is 0.478 e. The molecule has 0 saturated heterocycles. The first-order valence-corrected chi connectivity index (χ1v) is 7.32. The first-order chi connectivity index (χ1) is 11.2. The van der Waals surface area contributed by atoms with Crippen LogP contribution in [0.4, 0.5) is 5.69 Å². The van der Waals surface area contributed by atoms with Gasteiger partial charge in [0.05, 0.1) is 23.7 Å². The first kappa shape index (κ1) is 15.3. The van der Waals surface area contributed by atoms with E-state index < -0.39 is 0 Å². The van der Waals surface area contributed by atoms with E-state index in [9.17, 15) is 4.79 Å². The normalized spacial score (nSPS) is 16.6. The molecule has 0 aromatic heterocycles. The standard InChI is InChI=1S/C17H16BN3O2/c18-13-6-7-16(23-11-19)15(8-13)17(22)12-9-20-21(10-12)14-4-2-1-3-5-14/h1-9,12H,10-11,19H2. The predicted molar refractivity (Wildman–Crippen MR) is 91.6 cm³/mol. The van der Waals surface area contributed by atoms with Crippen molar-refractivity contribution in [2.45, 2.75) is 0 Å². The molecule has 1 heterocycles. The van der Waals surface area contributed by atoms with Crippen LogP contribution in [0.1, 0.15) is 10.4 Å². The summed E-state index contributed by atoms with van der Waals surface area (Å²) < 4.78 is 5.33. The van der Waals surface area contributed by atoms with Gasteiger partial charge in [0.25, 0.3) is 0 Å². The van der Waals surface area contributed by atoms with Gasteiger partial charge in [-0.15, -0.1) is 0 Å². The smallest absolute Gasteiger partial charge is 0.176 e. The van der Waals surface area contributed by atoms with Gasteiger partial charge in [-0.25, -0.2) is 0 Å². The highest BCUT2D eigenvalue weighted by Gasteiger charge is 2.28. The third-order valence-electron chi connectivity index (χ3n) is 3.65. The van der Waals surface area contributed by atoms with E-state index in [1.807, 2.05) is 30.3 Å². The molecule has 2 aromatic rings. The summed E-state index contributed by atoms with van der Waals surface area (Å²) in [5.74, 6) is 0.0123. The highest BCUT2D eigenvalue weighted by Crippen LogP contribution is 2.25. The Bertz CT molecular complexity index is 734. The van der Waals surface area contributed by atoms with Gasteiger partial charge in [0, 0.05) is 6.21 Å². The van der Waals surface area contributed by atoms with Gasteiger partial charge >= 0.3 is 0 Å². The molecule has 5 nitrogen and oxygen atoms in total. The van der Waals surface area contributed by atoms with Crippen molar-refractivity contribution in [3.63, 3.8) is 0 Å². The molecule has 1 unspecified atom stereocenters. The van der Waals surface area contributed by atoms with Crippen molar-refractivity contribution in [2.24, 2.45) is 16.8 Å². The van der Waals surface area contributed by atoms with E-state index in [1.165, 1.54) is 0 Å². The number of Topliss-reactive ketones (excluding diaryl/α,β-unsaturated/α-hetero) is 1. The van der Waals surface area contributed by atoms with Crippen LogP contribution in [0.25, 0.3) is 0 Å². The van der Waals surface area contributed by atoms with Gasteiger partial charge < -0.3 is 4.74 Å². The van der Waals surface area contributed by atoms with Gasteiger partial charge in [0.2, 0.25) is 0 Å². The monoisotopic (exact) mass is 305 g/mol. The van der Waals surface area contributed by atoms with Gasteiger partial charge in [-0.2, -0.15) is 5.10 Å². The fraction of sp³-hybridized carbons (Fsp3) is 0.176. The number of ketones is 1. The number of hydrogen-bond donors (Lipinski definition) is 1. The second kappa shape index (κ2) is 6.66. The first-order valence-electron chi connectivity index (χ1n) is 7.32. The van der Waals surface area contributed by atoms with E-state index in [0.29, 0.717) is 23.3 Å². The van der Waals surface area contributed by atoms with E-state index in [4.69, 9.17) is 18.3 Å². The summed E-state index contributed by atoms with van der Waals surface area (Å²) in [6, 6.07) is 14.7. The average Bonchev–Trinajstić information content (AvgIpc) is 3.07. The van der Waals surface area contributed by atoms with Crippen molar-refractivity contribution in [1.82, 2.24) is 0 Å². The van der Waals surface area contributed by atoms with Gasteiger partial charge in [-0.05, 0) is 18.2 Å². The van der Waals surface area contributed by atoms with Crippen LogP contribution >= 0.6 is 0 Å². The number of benzene rings is 2. The van der Waals surface area contributed by atoms with Crippen LogP contribution in [0.2, 0.25) is 0 Å². The van der Waals surface area contributed by atoms with Crippen LogP contribution in [0, 0.1) is 5.92 Å². The maximum Gasteiger partial charge on any atom is 0.176 e. The lowest BCUT2D eigenvalue weighted by molar-refractivity contribution is 0.0957. The van der Waals surface area contributed by atoms with Crippen LogP contribution in [-0.2, 0) is 0 Å². The molecule has 2 radical (unpaired) electrons. The predicted octanol–water partition coefficient (Wildman–Crippen LogP) is 1.08. The Morgan fingerprint density at radius 1 is 1.30 bits per heavy atom. The van der Waals surface area contributed by atoms with Crippen molar-refractivity contribution in [3.8, 4) is 5.75 Å². The highest BCUT2D eigenvalue weighted by molar-refractivity contribution is 6.33. The lowest BCUT2D eigenvalue weighted by atomic mass is 9.90. The Morgan fingerprint density at radius 2 is 2.09 bits per heavy atom. The van der Waals surface area contributed by atoms with Crippen molar-refractivity contribution in [1.29, 1.82) is 0 Å². The Labute approximate surface area is 136 Å². The fourth-order valence-electron chi connectivity index (χ4n) is 2.52. The molecular weight excluding hydrogens is 289 g/mol. The zero-order chi connectivity index (χ0) is 16.2. The van der Waals surface area contributed by atoms with E-state index >= 15 is 0 Å². The zero-order valence-electron chi connectivity index (χ0n) is 12.6. The van der Waals surface area contributed by atoms with Crippen molar-refractivity contribution >= 4 is 31.0 Å². The average molecular weight is 305 g/mol. The van der Waals surface area contributed by atoms with Gasteiger partial charge in [0.1, 0.15) is 20.3 Å². The molecular formula is C17H16BN3O2. The number of anilines is 1. The molecule has 0 spiro atoms. The number of ether oxygens (including phenoxy) is 1. The van der Waals surface area contributed by atoms with Crippen molar-refractivity contribution in [3.05, 3.63) is 54.1 Å². The molecule has 1 atom stereocenters. The second-order valence-corrected chi connectivity index (χ2v) is 5.22. The number of hydrazone groups is 1. The summed E-state index contributed by atoms with van der Waals surface area (Å²) in [5.41, 5.74) is 7.31. The third-order valence-corrected chi connectivity index (χ3v) is 3.65. The number of para-hydroxylation sites is 1. The SMILES string of the molecule is [B]c1ccc(OCN)c(C(=O)C2C=NN(c3ccccc3)C2)c1. The van der Waals surface area contributed by atoms with Crippen LogP contribution in [-0.4, -0.2) is 33.1 Å². The minimum absolute atomic E-state index is 0.000898. The molecule has 3 rings (SSSR count). The lowest BCUT2D eigenvalue weighted by Crippen LogP contribution is -2.25. The molecule has 0 saturated carbocycles. The molecule has 1 aliphatic rings. The molecule has 1 aliphatic heterocycles. The van der Waals surface area contributed by atoms with E-state index in [1.54, 1.807) is 29.4 Å². The van der Waals surface area contributed by atoms with Gasteiger partial charge in [-0.3, -0.25) is 15.5 Å². The number of nitrogens with two attached hydrogens (primary N) is 1. The Morgan fingerprint density at radius 3 is 2.83 bits per heavy atom. The zero-order valence-corrected chi connectivity index (χ0v) is 12.6. The summed E-state index contributed by atoms with van der Waals surface area (Å²) in [6.07, 6.45) is 1.66. The molecule has 0 amide bonds. The van der Waals surface area contributed by atoms with Crippen LogP contribution < -0.4 is 20.9 Å². The quantitative estimate of drug-likeness (QED) is 0.510. The molecule has 23 heavy (non-hydrogen) atoms. The third kappa shape index (κ3) is 3.27. The van der Waals surface area contributed by atoms with Crippen LogP contribution in [0.5, 0.6) is 5.75 Å². The van der Waals surface area contributed by atoms with Crippen molar-refractivity contribution in [2.75, 3.05) is 18.3 Å². The van der Waals surface area contributed by atoms with E-state index in [2.05, 4.69) is 5.10 Å². The number of rotatable bonds is 5. The second-order valence-electron chi connectivity index (χ2n) is 5.22. The number of hydrogen-bond acceptors (Lipinski definition) is 5. The number of carbonyl (C=O) groups is 1. The minimum atomic E-state index is -0.350. The molecule has 2 N–H and O–H groups in total. The number of nitrogens with zero attached hydrogens (tertiary/aromatic N) is 2. The topological polar surface area (TPSA) is 67.9 Å². The fourth-order valence-corrected chi connectivity index (χ4v) is 2.52. The lowest BCUT2D eigenvalue weighted by Gasteiger charge is -2.16. The minimum Gasteiger partial charge on any atom is -0.478 e. The number of carbonyl (C=O) groups excluding carboxylic acids is 1. The summed E-state index contributed by atoms with van der Waals surface area (Å²) in [7, 11) is 5.80. The van der Waals surface area contributed by atoms with Crippen LogP contribution in [0.15, 0.2) is 53.6 Å². The van der Waals surface area contributed by atoms with Crippen LogP contribution in [0.3, 0.4) is 0 Å². The molecule has 114 valence electrons. The molecule has 2 aromatic carbocycles. The summed E-state index contributed by atoms with van der Waals surface area (Å²) in [5, 5.41) is 6.13. The Hall–Kier alpha value is -2.60. The molecule has 0 aliphatic carbocycles. The van der Waals surface area contributed by atoms with Gasteiger partial charge in [0.15, 0.2) is 5.78 Å². The molecule has 0 fully saturated rings. The van der Waals surface area contributed by atoms with Gasteiger partial charge in [-0.1, -0.05) is 35.8 Å². The summed E-state index contributed by atoms with van der Waals surface area (Å²) in [6.45, 7) is 0.485. The molecule has 6 heteroatoms. The highest BCUT2D eigenvalue weighted by atomic mass is 16.5. The van der Waals surface area contributed by atoms with E-state index in [-0.39, 0.29) is 18.4 Å². The summed E-state index contributed by atoms with van der Waals surface area (Å²) in [4.78, 5) is 12.8. The maximum atomic E-state index is 12.8. The van der Waals surface area contributed by atoms with E-state index in [0.717, 1.165) is 5.69 Å². The molecule has 0 bridgehead atoms. The Balaban J connectivity index is 1.80. The Kier molecular flexibility index (Phi) is 4.44. The van der Waals surface area contributed by atoms with Crippen molar-refractivity contribution < 1.29 is 9.53 Å². The maximum absolute atomic E-state index is 12.8. The summed E-state index contributed by atoms with van der Waals surface area (Å²) >= 11 is 0.